The van der Waals surface area contributed by atoms with E-state index in [-0.39, 0.29) is 24.0 Å². The van der Waals surface area contributed by atoms with Gasteiger partial charge in [-0.3, -0.25) is 14.7 Å². The summed E-state index contributed by atoms with van der Waals surface area (Å²) in [5, 5.41) is 12.7. The van der Waals surface area contributed by atoms with Crippen LogP contribution in [0.15, 0.2) is 24.4 Å². The Kier molecular flexibility index (Phi) is 6.18. The molecule has 1 saturated heterocycles. The molecule has 1 unspecified atom stereocenters. The monoisotopic (exact) mass is 333 g/mol. The van der Waals surface area contributed by atoms with Gasteiger partial charge in [-0.05, 0) is 37.8 Å². The summed E-state index contributed by atoms with van der Waals surface area (Å²) in [6, 6.07) is 5.99. The van der Waals surface area contributed by atoms with Crippen molar-refractivity contribution in [3.63, 3.8) is 0 Å². The van der Waals surface area contributed by atoms with Gasteiger partial charge in [-0.25, -0.2) is 0 Å². The number of ether oxygens (including phenoxy) is 1. The SMILES string of the molecule is O=C(NCC(c1ccccn1)N1CCOCC1)C1CCC(O)CC1. The van der Waals surface area contributed by atoms with Crippen molar-refractivity contribution < 1.29 is 14.6 Å². The lowest BCUT2D eigenvalue weighted by Crippen LogP contribution is -2.45. The van der Waals surface area contributed by atoms with Crippen LogP contribution in [0.1, 0.15) is 37.4 Å². The summed E-state index contributed by atoms with van der Waals surface area (Å²) in [7, 11) is 0. The Balaban J connectivity index is 1.60. The van der Waals surface area contributed by atoms with Gasteiger partial charge in [0.05, 0.1) is 31.1 Å². The molecule has 0 spiro atoms. The van der Waals surface area contributed by atoms with Gasteiger partial charge in [-0.2, -0.15) is 0 Å². The lowest BCUT2D eigenvalue weighted by atomic mass is 9.87. The minimum absolute atomic E-state index is 0.0301. The highest BCUT2D eigenvalue weighted by molar-refractivity contribution is 5.78. The van der Waals surface area contributed by atoms with Crippen LogP contribution in [0.3, 0.4) is 0 Å². The smallest absolute Gasteiger partial charge is 0.223 e. The molecule has 1 aromatic rings. The number of aliphatic hydroxyl groups is 1. The second-order valence-electron chi connectivity index (χ2n) is 6.67. The van der Waals surface area contributed by atoms with Gasteiger partial charge < -0.3 is 15.2 Å². The summed E-state index contributed by atoms with van der Waals surface area (Å²) in [6.07, 6.45) is 4.57. The molecule has 2 N–H and O–H groups in total. The molecule has 132 valence electrons. The second-order valence-corrected chi connectivity index (χ2v) is 6.67. The Labute approximate surface area is 143 Å². The Morgan fingerprint density at radius 1 is 1.29 bits per heavy atom. The lowest BCUT2D eigenvalue weighted by Gasteiger charge is -2.34. The maximum atomic E-state index is 12.5. The molecular formula is C18H27N3O3. The van der Waals surface area contributed by atoms with Crippen LogP contribution in [0, 0.1) is 5.92 Å². The van der Waals surface area contributed by atoms with Crippen molar-refractivity contribution in [1.82, 2.24) is 15.2 Å². The minimum Gasteiger partial charge on any atom is -0.393 e. The number of aromatic nitrogens is 1. The van der Waals surface area contributed by atoms with E-state index in [1.807, 2.05) is 18.2 Å². The first-order chi connectivity index (χ1) is 11.7. The molecule has 3 rings (SSSR count). The van der Waals surface area contributed by atoms with E-state index in [0.29, 0.717) is 6.54 Å². The van der Waals surface area contributed by atoms with E-state index in [0.717, 1.165) is 57.7 Å². The van der Waals surface area contributed by atoms with Gasteiger partial charge >= 0.3 is 0 Å². The number of rotatable bonds is 5. The van der Waals surface area contributed by atoms with Crippen molar-refractivity contribution in [1.29, 1.82) is 0 Å². The summed E-state index contributed by atoms with van der Waals surface area (Å²) in [5.41, 5.74) is 0.985. The fourth-order valence-corrected chi connectivity index (χ4v) is 3.56. The maximum Gasteiger partial charge on any atom is 0.223 e. The number of nitrogens with zero attached hydrogens (tertiary/aromatic N) is 2. The molecule has 1 aliphatic heterocycles. The third kappa shape index (κ3) is 4.53. The van der Waals surface area contributed by atoms with Crippen molar-refractivity contribution >= 4 is 5.91 Å². The first-order valence-electron chi connectivity index (χ1n) is 8.92. The number of pyridine rings is 1. The molecular weight excluding hydrogens is 306 g/mol. The van der Waals surface area contributed by atoms with Crippen molar-refractivity contribution in [2.24, 2.45) is 5.92 Å². The van der Waals surface area contributed by atoms with Crippen molar-refractivity contribution in [2.45, 2.75) is 37.8 Å². The topological polar surface area (TPSA) is 74.7 Å². The number of aliphatic hydroxyl groups excluding tert-OH is 1. The Hall–Kier alpha value is -1.50. The highest BCUT2D eigenvalue weighted by Gasteiger charge is 2.28. The highest BCUT2D eigenvalue weighted by atomic mass is 16.5. The number of nitrogens with one attached hydrogen (secondary N) is 1. The van der Waals surface area contributed by atoms with Crippen LogP contribution >= 0.6 is 0 Å². The first-order valence-corrected chi connectivity index (χ1v) is 8.92. The second kappa shape index (κ2) is 8.55. The highest BCUT2D eigenvalue weighted by Crippen LogP contribution is 2.25. The summed E-state index contributed by atoms with van der Waals surface area (Å²) < 4.78 is 5.44. The third-order valence-electron chi connectivity index (χ3n) is 5.05. The quantitative estimate of drug-likeness (QED) is 0.845. The molecule has 2 aliphatic rings. The molecule has 1 aliphatic carbocycles. The predicted molar refractivity (Wildman–Crippen MR) is 90.3 cm³/mol. The summed E-state index contributed by atoms with van der Waals surface area (Å²) in [4.78, 5) is 19.3. The molecule has 2 heterocycles. The number of hydrogen-bond donors (Lipinski definition) is 2. The van der Waals surface area contributed by atoms with Crippen LogP contribution in [-0.2, 0) is 9.53 Å². The van der Waals surface area contributed by atoms with E-state index in [2.05, 4.69) is 15.2 Å². The molecule has 1 amide bonds. The Bertz CT molecular complexity index is 512. The molecule has 2 fully saturated rings. The van der Waals surface area contributed by atoms with E-state index in [4.69, 9.17) is 4.74 Å². The van der Waals surface area contributed by atoms with Crippen molar-refractivity contribution in [2.75, 3.05) is 32.8 Å². The average Bonchev–Trinajstić information content (AvgIpc) is 2.64. The van der Waals surface area contributed by atoms with E-state index in [1.54, 1.807) is 6.20 Å². The van der Waals surface area contributed by atoms with E-state index in [1.165, 1.54) is 0 Å². The molecule has 0 bridgehead atoms. The average molecular weight is 333 g/mol. The van der Waals surface area contributed by atoms with Gasteiger partial charge in [0.2, 0.25) is 5.91 Å². The molecule has 6 nitrogen and oxygen atoms in total. The summed E-state index contributed by atoms with van der Waals surface area (Å²) in [6.45, 7) is 3.71. The van der Waals surface area contributed by atoms with Gasteiger partial charge in [-0.1, -0.05) is 6.07 Å². The van der Waals surface area contributed by atoms with Gasteiger partial charge in [0.25, 0.3) is 0 Å². The fourth-order valence-electron chi connectivity index (χ4n) is 3.56. The standard InChI is InChI=1S/C18H27N3O3/c22-15-6-4-14(5-7-15)18(23)20-13-17(16-3-1-2-8-19-16)21-9-11-24-12-10-21/h1-3,8,14-15,17,22H,4-7,9-13H2,(H,20,23). The van der Waals surface area contributed by atoms with Gasteiger partial charge in [0.1, 0.15) is 0 Å². The molecule has 1 aromatic heterocycles. The van der Waals surface area contributed by atoms with Crippen LogP contribution < -0.4 is 5.32 Å². The number of morpholine rings is 1. The minimum atomic E-state index is -0.233. The Morgan fingerprint density at radius 2 is 2.04 bits per heavy atom. The molecule has 1 atom stereocenters. The van der Waals surface area contributed by atoms with Gasteiger partial charge in [0.15, 0.2) is 0 Å². The van der Waals surface area contributed by atoms with Crippen molar-refractivity contribution in [3.05, 3.63) is 30.1 Å². The zero-order chi connectivity index (χ0) is 16.8. The lowest BCUT2D eigenvalue weighted by molar-refractivity contribution is -0.126. The summed E-state index contributed by atoms with van der Waals surface area (Å²) in [5.74, 6) is 0.138. The fraction of sp³-hybridized carbons (Fsp3) is 0.667. The van der Waals surface area contributed by atoms with Gasteiger partial charge in [0, 0.05) is 31.7 Å². The van der Waals surface area contributed by atoms with Crippen molar-refractivity contribution in [3.8, 4) is 0 Å². The molecule has 1 saturated carbocycles. The third-order valence-corrected chi connectivity index (χ3v) is 5.05. The predicted octanol–water partition coefficient (Wildman–Crippen LogP) is 1.12. The van der Waals surface area contributed by atoms with E-state index < -0.39 is 0 Å². The maximum absolute atomic E-state index is 12.5. The van der Waals surface area contributed by atoms with Crippen LogP contribution in [0.4, 0.5) is 0 Å². The van der Waals surface area contributed by atoms with Crippen LogP contribution in [-0.4, -0.2) is 59.8 Å². The van der Waals surface area contributed by atoms with Gasteiger partial charge in [-0.15, -0.1) is 0 Å². The number of amides is 1. The number of hydrogen-bond acceptors (Lipinski definition) is 5. The molecule has 24 heavy (non-hydrogen) atoms. The van der Waals surface area contributed by atoms with Crippen LogP contribution in [0.5, 0.6) is 0 Å². The largest absolute Gasteiger partial charge is 0.393 e. The van der Waals surface area contributed by atoms with E-state index in [9.17, 15) is 9.90 Å². The van der Waals surface area contributed by atoms with E-state index >= 15 is 0 Å². The molecule has 0 radical (unpaired) electrons. The number of carbonyl (C=O) groups is 1. The zero-order valence-corrected chi connectivity index (χ0v) is 14.1. The summed E-state index contributed by atoms with van der Waals surface area (Å²) >= 11 is 0. The Morgan fingerprint density at radius 3 is 2.71 bits per heavy atom. The van der Waals surface area contributed by atoms with Crippen LogP contribution in [0.25, 0.3) is 0 Å². The van der Waals surface area contributed by atoms with Crippen LogP contribution in [0.2, 0.25) is 0 Å². The zero-order valence-electron chi connectivity index (χ0n) is 14.1. The molecule has 0 aromatic carbocycles. The first kappa shape index (κ1) is 17.3. The number of carbonyl (C=O) groups excluding carboxylic acids is 1. The normalized spacial score (nSPS) is 26.7. The molecule has 6 heteroatoms.